The Morgan fingerprint density at radius 1 is 1.15 bits per heavy atom. The second-order valence-electron chi connectivity index (χ2n) is 8.69. The molecular weight excluding hydrogens is 434 g/mol. The van der Waals surface area contributed by atoms with Crippen LogP contribution in [-0.2, 0) is 0 Å². The molecule has 9 heteroatoms. The number of amides is 1. The lowest BCUT2D eigenvalue weighted by atomic mass is 9.98. The summed E-state index contributed by atoms with van der Waals surface area (Å²) in [5.74, 6) is 0.646. The Kier molecular flexibility index (Phi) is 7.02. The summed E-state index contributed by atoms with van der Waals surface area (Å²) in [7, 11) is 0. The Morgan fingerprint density at radius 3 is 2.50 bits per heavy atom. The summed E-state index contributed by atoms with van der Waals surface area (Å²) in [6.45, 7) is 8.04. The molecule has 1 fully saturated rings. The van der Waals surface area contributed by atoms with Crippen molar-refractivity contribution in [3.05, 3.63) is 47.8 Å². The van der Waals surface area contributed by atoms with E-state index in [1.807, 2.05) is 45.0 Å². The van der Waals surface area contributed by atoms with Crippen molar-refractivity contribution in [3.63, 3.8) is 0 Å². The van der Waals surface area contributed by atoms with Crippen LogP contribution in [0.3, 0.4) is 0 Å². The molecule has 2 heterocycles. The summed E-state index contributed by atoms with van der Waals surface area (Å²) in [5.41, 5.74) is 1.68. The highest BCUT2D eigenvalue weighted by molar-refractivity contribution is 5.92. The first-order valence-electron chi connectivity index (χ1n) is 11.7. The van der Waals surface area contributed by atoms with E-state index in [0.717, 1.165) is 31.7 Å². The molecule has 4 rings (SSSR count). The van der Waals surface area contributed by atoms with Gasteiger partial charge in [-0.3, -0.25) is 9.36 Å². The van der Waals surface area contributed by atoms with Gasteiger partial charge in [0.05, 0.1) is 5.56 Å². The van der Waals surface area contributed by atoms with Crippen LogP contribution in [0.1, 0.15) is 55.7 Å². The average molecular weight is 466 g/mol. The first-order valence-corrected chi connectivity index (χ1v) is 11.7. The molecule has 0 atom stereocenters. The van der Waals surface area contributed by atoms with Crippen LogP contribution in [0.2, 0.25) is 0 Å². The second kappa shape index (κ2) is 10.1. The molecule has 1 aromatic heterocycles. The SMILES string of the molecule is CCNC(=O)c1nnc(-c2cc(C(C)C)c(O)cc2O)n1-c1ccc(OC2CCNCC2)cc1. The average Bonchev–Trinajstić information content (AvgIpc) is 3.25. The van der Waals surface area contributed by atoms with Gasteiger partial charge in [0.25, 0.3) is 5.91 Å². The molecule has 0 aliphatic carbocycles. The summed E-state index contributed by atoms with van der Waals surface area (Å²) < 4.78 is 7.71. The molecule has 0 spiro atoms. The van der Waals surface area contributed by atoms with Crippen molar-refractivity contribution in [3.8, 4) is 34.3 Å². The monoisotopic (exact) mass is 465 g/mol. The third-order valence-corrected chi connectivity index (χ3v) is 5.90. The molecule has 9 nitrogen and oxygen atoms in total. The van der Waals surface area contributed by atoms with E-state index in [1.54, 1.807) is 10.6 Å². The van der Waals surface area contributed by atoms with Crippen molar-refractivity contribution >= 4 is 5.91 Å². The van der Waals surface area contributed by atoms with Crippen molar-refractivity contribution in [1.29, 1.82) is 0 Å². The number of rotatable bonds is 7. The first kappa shape index (κ1) is 23.6. The number of piperidine rings is 1. The zero-order valence-corrected chi connectivity index (χ0v) is 19.7. The van der Waals surface area contributed by atoms with Gasteiger partial charge in [-0.05, 0) is 74.7 Å². The van der Waals surface area contributed by atoms with Gasteiger partial charge in [-0.2, -0.15) is 0 Å². The molecule has 3 aromatic rings. The molecule has 2 aromatic carbocycles. The zero-order chi connectivity index (χ0) is 24.2. The van der Waals surface area contributed by atoms with E-state index < -0.39 is 0 Å². The maximum atomic E-state index is 12.8. The van der Waals surface area contributed by atoms with Crippen molar-refractivity contribution in [1.82, 2.24) is 25.4 Å². The lowest BCUT2D eigenvalue weighted by molar-refractivity contribution is 0.0943. The molecule has 0 unspecified atom stereocenters. The quantitative estimate of drug-likeness (QED) is 0.422. The van der Waals surface area contributed by atoms with Crippen LogP contribution in [0.5, 0.6) is 17.2 Å². The van der Waals surface area contributed by atoms with Crippen LogP contribution in [0, 0.1) is 0 Å². The summed E-state index contributed by atoms with van der Waals surface area (Å²) in [5, 5.41) is 35.4. The predicted octanol–water partition coefficient (Wildman–Crippen LogP) is 3.35. The van der Waals surface area contributed by atoms with Gasteiger partial charge >= 0.3 is 0 Å². The highest BCUT2D eigenvalue weighted by Crippen LogP contribution is 2.38. The van der Waals surface area contributed by atoms with E-state index in [9.17, 15) is 15.0 Å². The Labute approximate surface area is 198 Å². The van der Waals surface area contributed by atoms with Crippen LogP contribution in [0.15, 0.2) is 36.4 Å². The van der Waals surface area contributed by atoms with Crippen LogP contribution >= 0.6 is 0 Å². The highest BCUT2D eigenvalue weighted by Gasteiger charge is 2.24. The number of phenols is 2. The van der Waals surface area contributed by atoms with Crippen LogP contribution in [0.4, 0.5) is 0 Å². The van der Waals surface area contributed by atoms with Crippen LogP contribution < -0.4 is 15.4 Å². The van der Waals surface area contributed by atoms with Gasteiger partial charge in [-0.1, -0.05) is 13.8 Å². The number of ether oxygens (including phenoxy) is 1. The largest absolute Gasteiger partial charge is 0.508 e. The minimum Gasteiger partial charge on any atom is -0.508 e. The lowest BCUT2D eigenvalue weighted by Gasteiger charge is -2.24. The van der Waals surface area contributed by atoms with Gasteiger partial charge in [-0.25, -0.2) is 0 Å². The molecule has 1 aliphatic heterocycles. The number of benzene rings is 2. The number of carbonyl (C=O) groups is 1. The Morgan fingerprint density at radius 2 is 1.85 bits per heavy atom. The summed E-state index contributed by atoms with van der Waals surface area (Å²) in [6, 6.07) is 10.4. The van der Waals surface area contributed by atoms with E-state index in [0.29, 0.717) is 29.2 Å². The number of nitrogens with one attached hydrogen (secondary N) is 2. The molecule has 180 valence electrons. The minimum atomic E-state index is -0.376. The van der Waals surface area contributed by atoms with Crippen molar-refractivity contribution < 1.29 is 19.7 Å². The summed E-state index contributed by atoms with van der Waals surface area (Å²) in [4.78, 5) is 12.8. The van der Waals surface area contributed by atoms with E-state index in [1.165, 1.54) is 6.07 Å². The third kappa shape index (κ3) is 4.84. The van der Waals surface area contributed by atoms with Crippen molar-refractivity contribution in [2.45, 2.75) is 45.6 Å². The van der Waals surface area contributed by atoms with Gasteiger partial charge in [0.1, 0.15) is 23.4 Å². The van der Waals surface area contributed by atoms with E-state index >= 15 is 0 Å². The van der Waals surface area contributed by atoms with E-state index in [-0.39, 0.29) is 35.3 Å². The molecule has 0 radical (unpaired) electrons. The fourth-order valence-corrected chi connectivity index (χ4v) is 4.10. The normalized spacial score (nSPS) is 14.4. The topological polar surface area (TPSA) is 122 Å². The van der Waals surface area contributed by atoms with Gasteiger partial charge in [0.2, 0.25) is 5.82 Å². The fraction of sp³-hybridized carbons (Fsp3) is 0.400. The minimum absolute atomic E-state index is 0.00526. The molecular formula is C25H31N5O4. The number of hydrogen-bond acceptors (Lipinski definition) is 7. The Bertz CT molecular complexity index is 1150. The smallest absolute Gasteiger partial charge is 0.289 e. The molecule has 0 bridgehead atoms. The predicted molar refractivity (Wildman–Crippen MR) is 129 cm³/mol. The maximum Gasteiger partial charge on any atom is 0.289 e. The second-order valence-corrected chi connectivity index (χ2v) is 8.69. The lowest BCUT2D eigenvalue weighted by Crippen LogP contribution is -2.34. The maximum absolute atomic E-state index is 12.8. The zero-order valence-electron chi connectivity index (χ0n) is 19.7. The van der Waals surface area contributed by atoms with Gasteiger partial charge < -0.3 is 25.6 Å². The molecule has 34 heavy (non-hydrogen) atoms. The number of aromatic nitrogens is 3. The molecule has 0 saturated carbocycles. The molecule has 1 aliphatic rings. The highest BCUT2D eigenvalue weighted by atomic mass is 16.5. The van der Waals surface area contributed by atoms with Crippen LogP contribution in [-0.4, -0.2) is 56.6 Å². The van der Waals surface area contributed by atoms with E-state index in [4.69, 9.17) is 4.74 Å². The Hall–Kier alpha value is -3.59. The molecule has 1 saturated heterocycles. The number of aromatic hydroxyl groups is 2. The van der Waals surface area contributed by atoms with Gasteiger partial charge in [0.15, 0.2) is 5.82 Å². The van der Waals surface area contributed by atoms with Crippen LogP contribution in [0.25, 0.3) is 17.1 Å². The number of carbonyl (C=O) groups excluding carboxylic acids is 1. The summed E-state index contributed by atoms with van der Waals surface area (Å²) in [6.07, 6.45) is 2.08. The number of phenolic OH excluding ortho intramolecular Hbond substituents is 2. The third-order valence-electron chi connectivity index (χ3n) is 5.90. The van der Waals surface area contributed by atoms with Crippen molar-refractivity contribution in [2.75, 3.05) is 19.6 Å². The fourth-order valence-electron chi connectivity index (χ4n) is 4.10. The summed E-state index contributed by atoms with van der Waals surface area (Å²) >= 11 is 0. The molecule has 4 N–H and O–H groups in total. The number of nitrogens with zero attached hydrogens (tertiary/aromatic N) is 3. The number of hydrogen-bond donors (Lipinski definition) is 4. The standard InChI is InChI=1S/C25H31N5O4/c1-4-27-25(33)24-29-28-23(20-13-19(15(2)3)21(31)14-22(20)32)30(24)16-5-7-17(8-6-16)34-18-9-11-26-12-10-18/h5-8,13-15,18,26,31-32H,4,9-12H2,1-3H3,(H,27,33). The first-order chi connectivity index (χ1) is 16.4. The molecule has 1 amide bonds. The van der Waals surface area contributed by atoms with E-state index in [2.05, 4.69) is 20.8 Å². The van der Waals surface area contributed by atoms with Crippen molar-refractivity contribution in [2.24, 2.45) is 0 Å². The van der Waals surface area contributed by atoms with Gasteiger partial charge in [-0.15, -0.1) is 10.2 Å². The van der Waals surface area contributed by atoms with Gasteiger partial charge in [0, 0.05) is 18.3 Å². The Balaban J connectivity index is 1.76.